The first-order valence-electron chi connectivity index (χ1n) is 6.11. The number of fused-ring (bicyclic) bond motifs is 1. The summed E-state index contributed by atoms with van der Waals surface area (Å²) in [6, 6.07) is 0.419. The number of nitrogens with zero attached hydrogens (tertiary/aromatic N) is 5. The van der Waals surface area contributed by atoms with Gasteiger partial charge in [-0.1, -0.05) is 24.5 Å². The van der Waals surface area contributed by atoms with Crippen LogP contribution in [0.2, 0.25) is 0 Å². The van der Waals surface area contributed by atoms with Crippen LogP contribution in [0.15, 0.2) is 0 Å². The molecule has 0 spiro atoms. The van der Waals surface area contributed by atoms with Crippen LogP contribution < -0.4 is 5.73 Å². The van der Waals surface area contributed by atoms with Crippen molar-refractivity contribution in [2.45, 2.75) is 45.1 Å². The van der Waals surface area contributed by atoms with Gasteiger partial charge in [0, 0.05) is 0 Å². The standard InChI is InChI=1S/C11H16N6/c1-7-13-10(12)9-11(14-7)17(16-15-9)8-5-3-2-4-6-8/h8H,2-6H2,1H3,(H2,12,13,14). The Balaban J connectivity index is 2.10. The van der Waals surface area contributed by atoms with Gasteiger partial charge >= 0.3 is 0 Å². The minimum Gasteiger partial charge on any atom is -0.382 e. The molecule has 0 atom stereocenters. The van der Waals surface area contributed by atoms with Crippen molar-refractivity contribution in [2.75, 3.05) is 5.73 Å². The van der Waals surface area contributed by atoms with Gasteiger partial charge in [0.2, 0.25) is 0 Å². The van der Waals surface area contributed by atoms with Crippen LogP contribution in [0.1, 0.15) is 44.0 Å². The fourth-order valence-corrected chi connectivity index (χ4v) is 2.54. The quantitative estimate of drug-likeness (QED) is 0.807. The van der Waals surface area contributed by atoms with E-state index in [0.717, 1.165) is 18.5 Å². The van der Waals surface area contributed by atoms with Gasteiger partial charge in [0.1, 0.15) is 5.82 Å². The molecule has 2 N–H and O–H groups in total. The Morgan fingerprint density at radius 3 is 2.71 bits per heavy atom. The maximum absolute atomic E-state index is 5.83. The molecule has 0 radical (unpaired) electrons. The third-order valence-electron chi connectivity index (χ3n) is 3.38. The Labute approximate surface area is 99.2 Å². The molecule has 17 heavy (non-hydrogen) atoms. The van der Waals surface area contributed by atoms with Gasteiger partial charge in [-0.25, -0.2) is 14.6 Å². The van der Waals surface area contributed by atoms with E-state index in [1.807, 2.05) is 11.6 Å². The number of hydrogen-bond acceptors (Lipinski definition) is 5. The van der Waals surface area contributed by atoms with E-state index in [9.17, 15) is 0 Å². The molecule has 90 valence electrons. The normalized spacial score (nSPS) is 17.7. The van der Waals surface area contributed by atoms with Gasteiger partial charge in [0.25, 0.3) is 0 Å². The first-order chi connectivity index (χ1) is 8.25. The van der Waals surface area contributed by atoms with E-state index in [1.54, 1.807) is 0 Å². The minimum atomic E-state index is 0.419. The number of aryl methyl sites for hydroxylation is 1. The van der Waals surface area contributed by atoms with Gasteiger partial charge in [-0.3, -0.25) is 0 Å². The lowest BCUT2D eigenvalue weighted by molar-refractivity contribution is 0.330. The molecule has 1 aliphatic carbocycles. The summed E-state index contributed by atoms with van der Waals surface area (Å²) in [5, 5.41) is 8.30. The van der Waals surface area contributed by atoms with Crippen molar-refractivity contribution in [1.29, 1.82) is 0 Å². The molecule has 1 fully saturated rings. The zero-order valence-corrected chi connectivity index (χ0v) is 9.93. The van der Waals surface area contributed by atoms with Crippen molar-refractivity contribution in [2.24, 2.45) is 0 Å². The van der Waals surface area contributed by atoms with E-state index < -0.39 is 0 Å². The average Bonchev–Trinajstić information content (AvgIpc) is 2.74. The highest BCUT2D eigenvalue weighted by molar-refractivity contribution is 5.80. The zero-order chi connectivity index (χ0) is 11.8. The third-order valence-corrected chi connectivity index (χ3v) is 3.38. The van der Waals surface area contributed by atoms with Crippen LogP contribution in [-0.4, -0.2) is 25.0 Å². The van der Waals surface area contributed by atoms with Crippen molar-refractivity contribution in [3.63, 3.8) is 0 Å². The first-order valence-corrected chi connectivity index (χ1v) is 6.11. The van der Waals surface area contributed by atoms with Crippen LogP contribution in [0.4, 0.5) is 5.82 Å². The van der Waals surface area contributed by atoms with E-state index in [4.69, 9.17) is 5.73 Å². The van der Waals surface area contributed by atoms with Crippen molar-refractivity contribution in [3.05, 3.63) is 5.82 Å². The summed E-state index contributed by atoms with van der Waals surface area (Å²) in [5.41, 5.74) is 7.24. The average molecular weight is 232 g/mol. The summed E-state index contributed by atoms with van der Waals surface area (Å²) in [5.74, 6) is 1.10. The molecule has 2 aromatic rings. The van der Waals surface area contributed by atoms with E-state index in [0.29, 0.717) is 23.2 Å². The molecule has 0 unspecified atom stereocenters. The summed E-state index contributed by atoms with van der Waals surface area (Å²) < 4.78 is 1.93. The second kappa shape index (κ2) is 3.94. The first kappa shape index (κ1) is 10.4. The SMILES string of the molecule is Cc1nc(N)c2nnn(C3CCCCC3)c2n1. The Morgan fingerprint density at radius 2 is 1.94 bits per heavy atom. The molecule has 1 saturated carbocycles. The maximum Gasteiger partial charge on any atom is 0.184 e. The molecule has 0 aliphatic heterocycles. The lowest BCUT2D eigenvalue weighted by Crippen LogP contribution is -2.15. The molecule has 3 rings (SSSR count). The Hall–Kier alpha value is -1.72. The lowest BCUT2D eigenvalue weighted by atomic mass is 9.96. The molecule has 0 amide bonds. The number of aromatic nitrogens is 5. The smallest absolute Gasteiger partial charge is 0.184 e. The molecule has 6 nitrogen and oxygen atoms in total. The fourth-order valence-electron chi connectivity index (χ4n) is 2.54. The molecule has 0 saturated heterocycles. The fraction of sp³-hybridized carbons (Fsp3) is 0.636. The van der Waals surface area contributed by atoms with E-state index in [1.165, 1.54) is 19.3 Å². The molecule has 2 heterocycles. The monoisotopic (exact) mass is 232 g/mol. The van der Waals surface area contributed by atoms with Gasteiger partial charge in [0.05, 0.1) is 6.04 Å². The van der Waals surface area contributed by atoms with Crippen LogP contribution in [0.3, 0.4) is 0 Å². The topological polar surface area (TPSA) is 82.5 Å². The minimum absolute atomic E-state index is 0.419. The number of nitrogens with two attached hydrogens (primary N) is 1. The van der Waals surface area contributed by atoms with E-state index >= 15 is 0 Å². The van der Waals surface area contributed by atoms with Crippen LogP contribution in [0, 0.1) is 6.92 Å². The van der Waals surface area contributed by atoms with Gasteiger partial charge in [-0.15, -0.1) is 5.10 Å². The van der Waals surface area contributed by atoms with Gasteiger partial charge in [-0.05, 0) is 19.8 Å². The molecule has 6 heteroatoms. The Kier molecular flexibility index (Phi) is 2.42. The highest BCUT2D eigenvalue weighted by atomic mass is 15.5. The summed E-state index contributed by atoms with van der Waals surface area (Å²) in [7, 11) is 0. The molecule has 2 aromatic heterocycles. The summed E-state index contributed by atoms with van der Waals surface area (Å²) in [6.07, 6.45) is 6.14. The number of hydrogen-bond donors (Lipinski definition) is 1. The summed E-state index contributed by atoms with van der Waals surface area (Å²) in [4.78, 5) is 8.53. The molecule has 1 aliphatic rings. The van der Waals surface area contributed by atoms with E-state index in [2.05, 4.69) is 20.3 Å². The second-order valence-corrected chi connectivity index (χ2v) is 4.65. The van der Waals surface area contributed by atoms with Crippen molar-refractivity contribution >= 4 is 17.0 Å². The predicted molar refractivity (Wildman–Crippen MR) is 64.4 cm³/mol. The summed E-state index contributed by atoms with van der Waals surface area (Å²) >= 11 is 0. The zero-order valence-electron chi connectivity index (χ0n) is 9.93. The second-order valence-electron chi connectivity index (χ2n) is 4.65. The van der Waals surface area contributed by atoms with Crippen molar-refractivity contribution in [1.82, 2.24) is 25.0 Å². The maximum atomic E-state index is 5.83. The van der Waals surface area contributed by atoms with E-state index in [-0.39, 0.29) is 0 Å². The Bertz CT molecular complexity index is 540. The van der Waals surface area contributed by atoms with Crippen LogP contribution in [0.5, 0.6) is 0 Å². The van der Waals surface area contributed by atoms with Crippen LogP contribution in [0.25, 0.3) is 11.2 Å². The van der Waals surface area contributed by atoms with Crippen molar-refractivity contribution < 1.29 is 0 Å². The molecule has 0 bridgehead atoms. The largest absolute Gasteiger partial charge is 0.382 e. The third kappa shape index (κ3) is 1.73. The number of nitrogen functional groups attached to an aromatic ring is 1. The number of rotatable bonds is 1. The summed E-state index contributed by atoms with van der Waals surface area (Å²) in [6.45, 7) is 1.84. The highest BCUT2D eigenvalue weighted by Gasteiger charge is 2.20. The molecular formula is C11H16N6. The van der Waals surface area contributed by atoms with Crippen molar-refractivity contribution in [3.8, 4) is 0 Å². The molecule has 0 aromatic carbocycles. The van der Waals surface area contributed by atoms with Gasteiger partial charge in [0.15, 0.2) is 17.0 Å². The van der Waals surface area contributed by atoms with Crippen LogP contribution in [-0.2, 0) is 0 Å². The van der Waals surface area contributed by atoms with Crippen LogP contribution >= 0.6 is 0 Å². The van der Waals surface area contributed by atoms with Gasteiger partial charge < -0.3 is 5.73 Å². The predicted octanol–water partition coefficient (Wildman–Crippen LogP) is 1.62. The van der Waals surface area contributed by atoms with Gasteiger partial charge in [-0.2, -0.15) is 0 Å². The highest BCUT2D eigenvalue weighted by Crippen LogP contribution is 2.29. The Morgan fingerprint density at radius 1 is 1.18 bits per heavy atom. The molecular weight excluding hydrogens is 216 g/mol. The lowest BCUT2D eigenvalue weighted by Gasteiger charge is -2.21. The number of anilines is 1.